The average Bonchev–Trinajstić information content (AvgIpc) is 2.37. The van der Waals surface area contributed by atoms with Gasteiger partial charge in [-0.25, -0.2) is 0 Å². The van der Waals surface area contributed by atoms with Crippen LogP contribution in [0.4, 0.5) is 5.69 Å². The Morgan fingerprint density at radius 2 is 2.28 bits per heavy atom. The first-order chi connectivity index (χ1) is 8.49. The fraction of sp³-hybridized carbons (Fsp3) is 0.364. The number of hydrogen-bond acceptors (Lipinski definition) is 5. The van der Waals surface area contributed by atoms with Gasteiger partial charge in [0.15, 0.2) is 6.10 Å². The molecule has 0 heterocycles. The molecule has 0 aromatic heterocycles. The SMILES string of the molecule is CNC(=O)C(C)Oc1ccc([N+](=O)[O-])cc1CO. The standard InChI is InChI=1S/C11H14N2O5/c1-7(11(15)12-2)18-10-4-3-9(13(16)17)5-8(10)6-14/h3-5,7,14H,6H2,1-2H3,(H,12,15). The minimum atomic E-state index is -0.748. The minimum Gasteiger partial charge on any atom is -0.481 e. The van der Waals surface area contributed by atoms with E-state index < -0.39 is 17.6 Å². The molecule has 0 aliphatic carbocycles. The van der Waals surface area contributed by atoms with Crippen molar-refractivity contribution in [3.8, 4) is 5.75 Å². The molecule has 1 amide bonds. The van der Waals surface area contributed by atoms with E-state index in [1.165, 1.54) is 25.2 Å². The first kappa shape index (κ1) is 13.9. The highest BCUT2D eigenvalue weighted by molar-refractivity contribution is 5.80. The van der Waals surface area contributed by atoms with Gasteiger partial charge in [-0.3, -0.25) is 14.9 Å². The molecule has 1 aromatic rings. The lowest BCUT2D eigenvalue weighted by atomic mass is 10.2. The normalized spacial score (nSPS) is 11.7. The summed E-state index contributed by atoms with van der Waals surface area (Å²) in [4.78, 5) is 21.3. The van der Waals surface area contributed by atoms with Crippen LogP contribution in [0.1, 0.15) is 12.5 Å². The second-order valence-corrected chi connectivity index (χ2v) is 3.58. The summed E-state index contributed by atoms with van der Waals surface area (Å²) in [7, 11) is 1.48. The lowest BCUT2D eigenvalue weighted by Gasteiger charge is -2.15. The van der Waals surface area contributed by atoms with E-state index in [1.54, 1.807) is 6.92 Å². The molecule has 1 aromatic carbocycles. The maximum atomic E-state index is 11.3. The predicted octanol–water partition coefficient (Wildman–Crippen LogP) is 0.600. The van der Waals surface area contributed by atoms with Crippen LogP contribution in [-0.4, -0.2) is 29.1 Å². The number of benzene rings is 1. The molecule has 2 N–H and O–H groups in total. The zero-order valence-electron chi connectivity index (χ0n) is 10.0. The van der Waals surface area contributed by atoms with Crippen LogP contribution < -0.4 is 10.1 Å². The third-order valence-electron chi connectivity index (χ3n) is 2.34. The number of likely N-dealkylation sites (N-methyl/N-ethyl adjacent to an activating group) is 1. The Hall–Kier alpha value is -2.15. The summed E-state index contributed by atoms with van der Waals surface area (Å²) in [5.41, 5.74) is 0.124. The van der Waals surface area contributed by atoms with E-state index in [4.69, 9.17) is 9.84 Å². The number of aliphatic hydroxyl groups excluding tert-OH is 1. The van der Waals surface area contributed by atoms with Crippen molar-refractivity contribution in [2.45, 2.75) is 19.6 Å². The summed E-state index contributed by atoms with van der Waals surface area (Å²) >= 11 is 0. The number of rotatable bonds is 5. The largest absolute Gasteiger partial charge is 0.481 e. The van der Waals surface area contributed by atoms with Gasteiger partial charge in [0.05, 0.1) is 11.5 Å². The van der Waals surface area contributed by atoms with Gasteiger partial charge in [0.25, 0.3) is 11.6 Å². The Labute approximate surface area is 104 Å². The van der Waals surface area contributed by atoms with Crippen molar-refractivity contribution in [2.24, 2.45) is 0 Å². The molecule has 0 saturated heterocycles. The molecule has 0 aliphatic heterocycles. The molecule has 7 heteroatoms. The Kier molecular flexibility index (Phi) is 4.61. The van der Waals surface area contributed by atoms with Gasteiger partial charge in [0.2, 0.25) is 0 Å². The van der Waals surface area contributed by atoms with E-state index in [9.17, 15) is 14.9 Å². The molecule has 0 radical (unpaired) electrons. The van der Waals surface area contributed by atoms with E-state index in [0.29, 0.717) is 0 Å². The van der Waals surface area contributed by atoms with Crippen molar-refractivity contribution in [2.75, 3.05) is 7.05 Å². The van der Waals surface area contributed by atoms with E-state index in [0.717, 1.165) is 0 Å². The van der Waals surface area contributed by atoms with Crippen molar-refractivity contribution in [1.29, 1.82) is 0 Å². The number of nitrogens with one attached hydrogen (secondary N) is 1. The summed E-state index contributed by atoms with van der Waals surface area (Å²) in [6.45, 7) is 1.14. The molecule has 0 fully saturated rings. The number of nitrogens with zero attached hydrogens (tertiary/aromatic N) is 1. The zero-order valence-corrected chi connectivity index (χ0v) is 10.0. The Morgan fingerprint density at radius 1 is 1.61 bits per heavy atom. The Balaban J connectivity index is 2.96. The average molecular weight is 254 g/mol. The third-order valence-corrected chi connectivity index (χ3v) is 2.34. The molecule has 18 heavy (non-hydrogen) atoms. The Morgan fingerprint density at radius 3 is 2.78 bits per heavy atom. The van der Waals surface area contributed by atoms with Crippen LogP contribution in [0.2, 0.25) is 0 Å². The summed E-state index contributed by atoms with van der Waals surface area (Å²) in [6.07, 6.45) is -0.748. The molecular formula is C11H14N2O5. The van der Waals surface area contributed by atoms with E-state index in [1.807, 2.05) is 0 Å². The van der Waals surface area contributed by atoms with E-state index in [2.05, 4.69) is 5.32 Å². The van der Waals surface area contributed by atoms with Crippen molar-refractivity contribution in [3.63, 3.8) is 0 Å². The van der Waals surface area contributed by atoms with Gasteiger partial charge < -0.3 is 15.2 Å². The van der Waals surface area contributed by atoms with Gasteiger partial charge >= 0.3 is 0 Å². The number of carbonyl (C=O) groups is 1. The maximum Gasteiger partial charge on any atom is 0.270 e. The lowest BCUT2D eigenvalue weighted by molar-refractivity contribution is -0.385. The fourth-order valence-electron chi connectivity index (χ4n) is 1.37. The number of hydrogen-bond donors (Lipinski definition) is 2. The molecule has 7 nitrogen and oxygen atoms in total. The molecule has 98 valence electrons. The van der Waals surface area contributed by atoms with Crippen LogP contribution in [0.5, 0.6) is 5.75 Å². The summed E-state index contributed by atoms with van der Waals surface area (Å²) in [5, 5.41) is 22.1. The first-order valence-electron chi connectivity index (χ1n) is 5.26. The van der Waals surface area contributed by atoms with Crippen LogP contribution in [0.3, 0.4) is 0 Å². The molecule has 1 atom stereocenters. The summed E-state index contributed by atoms with van der Waals surface area (Å²) in [6, 6.07) is 3.83. The predicted molar refractivity (Wildman–Crippen MR) is 63.2 cm³/mol. The topological polar surface area (TPSA) is 102 Å². The van der Waals surface area contributed by atoms with Crippen LogP contribution in [-0.2, 0) is 11.4 Å². The Bertz CT molecular complexity index is 461. The van der Waals surface area contributed by atoms with Gasteiger partial charge in [-0.15, -0.1) is 0 Å². The number of ether oxygens (including phenoxy) is 1. The van der Waals surface area contributed by atoms with Crippen LogP contribution in [0.15, 0.2) is 18.2 Å². The van der Waals surface area contributed by atoms with Crippen molar-refractivity contribution >= 4 is 11.6 Å². The number of nitro benzene ring substituents is 1. The summed E-state index contributed by atoms with van der Waals surface area (Å²) < 4.78 is 5.33. The number of non-ortho nitro benzene ring substituents is 1. The third kappa shape index (κ3) is 3.17. The number of aliphatic hydroxyl groups is 1. The molecule has 1 rings (SSSR count). The quantitative estimate of drug-likeness (QED) is 0.591. The number of carbonyl (C=O) groups excluding carboxylic acids is 1. The number of amides is 1. The van der Waals surface area contributed by atoms with Gasteiger partial charge in [0, 0.05) is 24.7 Å². The smallest absolute Gasteiger partial charge is 0.270 e. The van der Waals surface area contributed by atoms with Crippen molar-refractivity contribution in [3.05, 3.63) is 33.9 Å². The molecule has 0 saturated carbocycles. The second kappa shape index (κ2) is 5.97. The van der Waals surface area contributed by atoms with Crippen molar-refractivity contribution in [1.82, 2.24) is 5.32 Å². The molecule has 0 bridgehead atoms. The van der Waals surface area contributed by atoms with E-state index >= 15 is 0 Å². The lowest BCUT2D eigenvalue weighted by Crippen LogP contribution is -2.33. The molecule has 1 unspecified atom stereocenters. The molecular weight excluding hydrogens is 240 g/mol. The summed E-state index contributed by atoms with van der Waals surface area (Å²) in [5.74, 6) is -0.0727. The highest BCUT2D eigenvalue weighted by Crippen LogP contribution is 2.25. The monoisotopic (exact) mass is 254 g/mol. The second-order valence-electron chi connectivity index (χ2n) is 3.58. The highest BCUT2D eigenvalue weighted by Gasteiger charge is 2.16. The van der Waals surface area contributed by atoms with E-state index in [-0.39, 0.29) is 22.9 Å². The number of nitro groups is 1. The van der Waals surface area contributed by atoms with Gasteiger partial charge in [-0.1, -0.05) is 0 Å². The molecule has 0 spiro atoms. The van der Waals surface area contributed by atoms with Crippen molar-refractivity contribution < 1.29 is 19.6 Å². The zero-order chi connectivity index (χ0) is 13.7. The highest BCUT2D eigenvalue weighted by atomic mass is 16.6. The van der Waals surface area contributed by atoms with Crippen LogP contribution >= 0.6 is 0 Å². The minimum absolute atomic E-state index is 0.140. The maximum absolute atomic E-state index is 11.3. The fourth-order valence-corrected chi connectivity index (χ4v) is 1.37. The van der Waals surface area contributed by atoms with Crippen LogP contribution in [0.25, 0.3) is 0 Å². The first-order valence-corrected chi connectivity index (χ1v) is 5.26. The van der Waals surface area contributed by atoms with Gasteiger partial charge in [0.1, 0.15) is 5.75 Å². The van der Waals surface area contributed by atoms with Crippen LogP contribution in [0, 0.1) is 10.1 Å². The van der Waals surface area contributed by atoms with Gasteiger partial charge in [-0.05, 0) is 13.0 Å². The molecule has 0 aliphatic rings. The van der Waals surface area contributed by atoms with Gasteiger partial charge in [-0.2, -0.15) is 0 Å².